The summed E-state index contributed by atoms with van der Waals surface area (Å²) in [7, 11) is 0. The summed E-state index contributed by atoms with van der Waals surface area (Å²) in [4.78, 5) is 16.5. The molecule has 1 N–H and O–H groups in total. The maximum Gasteiger partial charge on any atom is 0.255 e. The van der Waals surface area contributed by atoms with Crippen LogP contribution in [-0.2, 0) is 0 Å². The zero-order chi connectivity index (χ0) is 17.2. The van der Waals surface area contributed by atoms with E-state index in [2.05, 4.69) is 20.6 Å². The average Bonchev–Trinajstić information content (AvgIpc) is 3.08. The fourth-order valence-corrected chi connectivity index (χ4v) is 2.45. The van der Waals surface area contributed by atoms with Crippen LogP contribution in [0.4, 0.5) is 10.1 Å². The average molecular weight is 333 g/mol. The van der Waals surface area contributed by atoms with Crippen LogP contribution in [0.1, 0.15) is 10.4 Å². The lowest BCUT2D eigenvalue weighted by molar-refractivity contribution is 0.102. The van der Waals surface area contributed by atoms with Gasteiger partial charge in [0, 0.05) is 11.8 Å². The number of nitrogens with zero attached hydrogens (tertiary/aromatic N) is 4. The number of fused-ring (bicyclic) bond motifs is 1. The van der Waals surface area contributed by atoms with Crippen LogP contribution in [0, 0.1) is 5.82 Å². The van der Waals surface area contributed by atoms with Gasteiger partial charge in [0.2, 0.25) is 0 Å². The molecule has 0 fully saturated rings. The van der Waals surface area contributed by atoms with Crippen LogP contribution in [-0.4, -0.2) is 25.9 Å². The molecule has 0 aliphatic rings. The topological polar surface area (TPSA) is 72.7 Å². The Kier molecular flexibility index (Phi) is 3.66. The number of hydrogen-bond donors (Lipinski definition) is 1. The van der Waals surface area contributed by atoms with Crippen LogP contribution in [0.25, 0.3) is 16.9 Å². The molecular formula is C18H12FN5O. The molecule has 0 aliphatic carbocycles. The fourth-order valence-electron chi connectivity index (χ4n) is 2.45. The highest BCUT2D eigenvalue weighted by atomic mass is 19.1. The van der Waals surface area contributed by atoms with Gasteiger partial charge in [-0.3, -0.25) is 4.79 Å². The van der Waals surface area contributed by atoms with Crippen LogP contribution < -0.4 is 5.32 Å². The van der Waals surface area contributed by atoms with Crippen LogP contribution in [0.15, 0.2) is 66.9 Å². The van der Waals surface area contributed by atoms with Gasteiger partial charge in [-0.25, -0.2) is 9.37 Å². The van der Waals surface area contributed by atoms with E-state index in [0.717, 1.165) is 5.69 Å². The number of nitrogens with one attached hydrogen (secondary N) is 1. The number of benzene rings is 2. The summed E-state index contributed by atoms with van der Waals surface area (Å²) in [5, 5.41) is 10.7. The molecule has 25 heavy (non-hydrogen) atoms. The van der Waals surface area contributed by atoms with Crippen LogP contribution in [0.3, 0.4) is 0 Å². The molecule has 0 saturated carbocycles. The number of carbonyl (C=O) groups is 1. The lowest BCUT2D eigenvalue weighted by Crippen LogP contribution is -2.13. The molecule has 2 aromatic heterocycles. The first kappa shape index (κ1) is 14.9. The molecule has 0 radical (unpaired) electrons. The summed E-state index contributed by atoms with van der Waals surface area (Å²) in [6.07, 6.45) is 1.67. The Bertz CT molecular complexity index is 1060. The Morgan fingerprint density at radius 1 is 1.00 bits per heavy atom. The number of para-hydroxylation sites is 1. The zero-order valence-electron chi connectivity index (χ0n) is 12.9. The second-order valence-electron chi connectivity index (χ2n) is 5.33. The van der Waals surface area contributed by atoms with Crippen molar-refractivity contribution in [2.24, 2.45) is 0 Å². The number of rotatable bonds is 3. The first-order chi connectivity index (χ1) is 12.2. The molecule has 7 heteroatoms. The summed E-state index contributed by atoms with van der Waals surface area (Å²) < 4.78 is 15.2. The van der Waals surface area contributed by atoms with Gasteiger partial charge in [-0.15, -0.1) is 5.10 Å². The number of anilines is 1. The number of aromatic nitrogens is 4. The molecular weight excluding hydrogens is 321 g/mol. The molecule has 0 spiro atoms. The van der Waals surface area contributed by atoms with Crippen molar-refractivity contribution in [3.05, 3.63) is 78.2 Å². The summed E-state index contributed by atoms with van der Waals surface area (Å²) in [5.41, 5.74) is 2.59. The normalized spacial score (nSPS) is 10.8. The maximum absolute atomic E-state index is 13.6. The largest absolute Gasteiger partial charge is 0.319 e. The van der Waals surface area contributed by atoms with Crippen LogP contribution in [0.5, 0.6) is 0 Å². The lowest BCUT2D eigenvalue weighted by Gasteiger charge is -2.07. The van der Waals surface area contributed by atoms with Crippen LogP contribution >= 0.6 is 0 Å². The van der Waals surface area contributed by atoms with E-state index in [9.17, 15) is 9.18 Å². The summed E-state index contributed by atoms with van der Waals surface area (Å²) >= 11 is 0. The van der Waals surface area contributed by atoms with Crippen molar-refractivity contribution in [3.63, 3.8) is 0 Å². The third-order valence-corrected chi connectivity index (χ3v) is 3.70. The molecule has 4 aromatic rings. The zero-order valence-corrected chi connectivity index (χ0v) is 12.9. The third kappa shape index (κ3) is 2.83. The Balaban J connectivity index is 1.60. The third-order valence-electron chi connectivity index (χ3n) is 3.70. The molecule has 2 heterocycles. The summed E-state index contributed by atoms with van der Waals surface area (Å²) in [6, 6.07) is 16.4. The molecule has 122 valence electrons. The van der Waals surface area contributed by atoms with E-state index in [4.69, 9.17) is 0 Å². The molecule has 0 aliphatic heterocycles. The minimum absolute atomic E-state index is 0.142. The second kappa shape index (κ2) is 6.12. The summed E-state index contributed by atoms with van der Waals surface area (Å²) in [5.74, 6) is -0.870. The Labute approximate surface area is 141 Å². The Hall–Kier alpha value is -3.61. The quantitative estimate of drug-likeness (QED) is 0.625. The number of carbonyl (C=O) groups excluding carboxylic acids is 1. The molecule has 6 nitrogen and oxygen atoms in total. The van der Waals surface area contributed by atoms with Gasteiger partial charge >= 0.3 is 0 Å². The van der Waals surface area contributed by atoms with E-state index in [1.54, 1.807) is 53.3 Å². The first-order valence-corrected chi connectivity index (χ1v) is 7.55. The van der Waals surface area contributed by atoms with Gasteiger partial charge in [-0.1, -0.05) is 17.3 Å². The molecule has 1 amide bonds. The van der Waals surface area contributed by atoms with E-state index in [-0.39, 0.29) is 5.69 Å². The number of hydrogen-bond acceptors (Lipinski definition) is 4. The molecule has 2 aromatic carbocycles. The predicted molar refractivity (Wildman–Crippen MR) is 91.0 cm³/mol. The number of amides is 1. The molecule has 0 unspecified atom stereocenters. The number of halogens is 1. The monoisotopic (exact) mass is 333 g/mol. The van der Waals surface area contributed by atoms with E-state index in [1.165, 1.54) is 12.1 Å². The highest BCUT2D eigenvalue weighted by molar-refractivity contribution is 6.04. The standard InChI is InChI=1S/C18H12FN5O/c19-14-4-1-2-5-15(14)21-18(25)12-7-9-13(10-8-12)24-17-16(22-23-24)6-3-11-20-17/h1-11H,(H,21,25). The minimum Gasteiger partial charge on any atom is -0.319 e. The fraction of sp³-hybridized carbons (Fsp3) is 0. The van der Waals surface area contributed by atoms with Gasteiger partial charge in [0.05, 0.1) is 11.4 Å². The maximum atomic E-state index is 13.6. The van der Waals surface area contributed by atoms with E-state index >= 15 is 0 Å². The van der Waals surface area contributed by atoms with E-state index in [1.807, 2.05) is 6.07 Å². The van der Waals surface area contributed by atoms with Gasteiger partial charge < -0.3 is 5.32 Å². The molecule has 4 rings (SSSR count). The molecule has 0 saturated heterocycles. The molecule has 0 atom stereocenters. The Morgan fingerprint density at radius 3 is 2.60 bits per heavy atom. The van der Waals surface area contributed by atoms with Crippen molar-refractivity contribution in [2.75, 3.05) is 5.32 Å². The van der Waals surface area contributed by atoms with Crippen molar-refractivity contribution >= 4 is 22.8 Å². The SMILES string of the molecule is O=C(Nc1ccccc1F)c1ccc(-n2nnc3cccnc32)cc1. The van der Waals surface area contributed by atoms with Crippen molar-refractivity contribution in [1.29, 1.82) is 0 Å². The van der Waals surface area contributed by atoms with Crippen LogP contribution in [0.2, 0.25) is 0 Å². The van der Waals surface area contributed by atoms with Crippen molar-refractivity contribution in [1.82, 2.24) is 20.0 Å². The van der Waals surface area contributed by atoms with Gasteiger partial charge in [-0.05, 0) is 48.5 Å². The van der Waals surface area contributed by atoms with Gasteiger partial charge in [0.15, 0.2) is 5.65 Å². The van der Waals surface area contributed by atoms with Crippen molar-refractivity contribution in [2.45, 2.75) is 0 Å². The lowest BCUT2D eigenvalue weighted by atomic mass is 10.2. The smallest absolute Gasteiger partial charge is 0.255 e. The van der Waals surface area contributed by atoms with Gasteiger partial charge in [-0.2, -0.15) is 4.68 Å². The van der Waals surface area contributed by atoms with E-state index < -0.39 is 11.7 Å². The predicted octanol–water partition coefficient (Wildman–Crippen LogP) is 3.21. The second-order valence-corrected chi connectivity index (χ2v) is 5.33. The highest BCUT2D eigenvalue weighted by Crippen LogP contribution is 2.17. The first-order valence-electron chi connectivity index (χ1n) is 7.55. The number of pyridine rings is 1. The van der Waals surface area contributed by atoms with Gasteiger partial charge in [0.25, 0.3) is 5.91 Å². The molecule has 0 bridgehead atoms. The van der Waals surface area contributed by atoms with Crippen molar-refractivity contribution in [3.8, 4) is 5.69 Å². The minimum atomic E-state index is -0.479. The highest BCUT2D eigenvalue weighted by Gasteiger charge is 2.11. The summed E-state index contributed by atoms with van der Waals surface area (Å²) in [6.45, 7) is 0. The van der Waals surface area contributed by atoms with Crippen molar-refractivity contribution < 1.29 is 9.18 Å². The Morgan fingerprint density at radius 2 is 1.80 bits per heavy atom. The van der Waals surface area contributed by atoms with E-state index in [0.29, 0.717) is 16.7 Å². The van der Waals surface area contributed by atoms with Gasteiger partial charge in [0.1, 0.15) is 11.3 Å².